The molecule has 5 nitrogen and oxygen atoms in total. The Kier molecular flexibility index (Phi) is 5.53. The fraction of sp³-hybridized carbons (Fsp3) is 0.444. The van der Waals surface area contributed by atoms with E-state index in [-0.39, 0.29) is 12.0 Å². The molecule has 1 N–H and O–H groups in total. The van der Waals surface area contributed by atoms with Crippen LogP contribution >= 0.6 is 11.6 Å². The van der Waals surface area contributed by atoms with E-state index in [4.69, 9.17) is 20.9 Å². The number of nitrogens with zero attached hydrogens (tertiary/aromatic N) is 1. The maximum absolute atomic E-state index is 12.5. The lowest BCUT2D eigenvalue weighted by molar-refractivity contribution is 0.0820. The van der Waals surface area contributed by atoms with Crippen LogP contribution in [-0.2, 0) is 17.6 Å². The van der Waals surface area contributed by atoms with E-state index in [0.717, 1.165) is 49.0 Å². The number of hydrogen-bond acceptors (Lipinski definition) is 4. The van der Waals surface area contributed by atoms with Crippen LogP contribution in [0.15, 0.2) is 28.8 Å². The molecule has 0 saturated carbocycles. The van der Waals surface area contributed by atoms with Gasteiger partial charge in [-0.2, -0.15) is 0 Å². The van der Waals surface area contributed by atoms with Crippen LogP contribution in [0.4, 0.5) is 0 Å². The molecule has 0 aliphatic heterocycles. The molecule has 0 radical (unpaired) electrons. The summed E-state index contributed by atoms with van der Waals surface area (Å²) in [5.41, 5.74) is 2.21. The van der Waals surface area contributed by atoms with Gasteiger partial charge in [0.15, 0.2) is 5.69 Å². The van der Waals surface area contributed by atoms with Crippen molar-refractivity contribution in [2.75, 3.05) is 13.7 Å². The number of methoxy groups -OCH3 is 1. The molecule has 0 spiro atoms. The predicted octanol–water partition coefficient (Wildman–Crippen LogP) is 3.71. The number of nitrogens with one attached hydrogen (secondary N) is 1. The van der Waals surface area contributed by atoms with E-state index in [2.05, 4.69) is 10.5 Å². The predicted molar refractivity (Wildman–Crippen MR) is 91.3 cm³/mol. The van der Waals surface area contributed by atoms with Gasteiger partial charge >= 0.3 is 0 Å². The molecule has 0 unspecified atom stereocenters. The second kappa shape index (κ2) is 7.81. The van der Waals surface area contributed by atoms with Crippen LogP contribution in [0, 0.1) is 0 Å². The van der Waals surface area contributed by atoms with Gasteiger partial charge < -0.3 is 14.6 Å². The highest BCUT2D eigenvalue weighted by atomic mass is 35.5. The minimum Gasteiger partial charge on any atom is -0.375 e. The summed E-state index contributed by atoms with van der Waals surface area (Å²) >= 11 is 6.21. The topological polar surface area (TPSA) is 64.4 Å². The molecule has 0 fully saturated rings. The van der Waals surface area contributed by atoms with Crippen molar-refractivity contribution in [3.05, 3.63) is 51.9 Å². The van der Waals surface area contributed by atoms with Gasteiger partial charge in [0.2, 0.25) is 0 Å². The number of aromatic nitrogens is 1. The van der Waals surface area contributed by atoms with E-state index in [1.165, 1.54) is 0 Å². The summed E-state index contributed by atoms with van der Waals surface area (Å²) in [6.45, 7) is 0.320. The van der Waals surface area contributed by atoms with E-state index < -0.39 is 0 Å². The van der Waals surface area contributed by atoms with Crippen LogP contribution < -0.4 is 5.32 Å². The molecule has 128 valence electrons. The summed E-state index contributed by atoms with van der Waals surface area (Å²) in [5, 5.41) is 7.49. The Balaban J connectivity index is 1.69. The molecule has 0 saturated heterocycles. The molecular weight excluding hydrogens is 328 g/mol. The Morgan fingerprint density at radius 1 is 1.33 bits per heavy atom. The molecule has 1 aliphatic rings. The summed E-state index contributed by atoms with van der Waals surface area (Å²) < 4.78 is 10.8. The lowest BCUT2D eigenvalue weighted by atomic mass is 10.1. The van der Waals surface area contributed by atoms with Gasteiger partial charge in [-0.1, -0.05) is 41.4 Å². The van der Waals surface area contributed by atoms with Crippen molar-refractivity contribution < 1.29 is 14.1 Å². The SMILES string of the molecule is CO[C@@H](CNC(=O)c1noc2c1CCCCC2)c1ccccc1Cl. The van der Waals surface area contributed by atoms with Crippen LogP contribution in [-0.4, -0.2) is 24.7 Å². The number of ether oxygens (including phenoxy) is 1. The largest absolute Gasteiger partial charge is 0.375 e. The van der Waals surface area contributed by atoms with E-state index in [9.17, 15) is 4.79 Å². The van der Waals surface area contributed by atoms with Gasteiger partial charge in [0.1, 0.15) is 11.9 Å². The number of halogens is 1. The van der Waals surface area contributed by atoms with Gasteiger partial charge in [0.25, 0.3) is 5.91 Å². The van der Waals surface area contributed by atoms with Crippen LogP contribution in [0.3, 0.4) is 0 Å². The number of fused-ring (bicyclic) bond motifs is 1. The van der Waals surface area contributed by atoms with Crippen molar-refractivity contribution in [3.63, 3.8) is 0 Å². The molecule has 2 aromatic rings. The Morgan fingerprint density at radius 2 is 2.12 bits per heavy atom. The van der Waals surface area contributed by atoms with E-state index in [0.29, 0.717) is 17.3 Å². The molecule has 0 bridgehead atoms. The van der Waals surface area contributed by atoms with Gasteiger partial charge in [-0.3, -0.25) is 4.79 Å². The van der Waals surface area contributed by atoms with Crippen molar-refractivity contribution in [1.82, 2.24) is 10.5 Å². The van der Waals surface area contributed by atoms with Gasteiger partial charge in [-0.15, -0.1) is 0 Å². The highest BCUT2D eigenvalue weighted by Crippen LogP contribution is 2.26. The van der Waals surface area contributed by atoms with Crippen LogP contribution in [0.5, 0.6) is 0 Å². The fourth-order valence-electron chi connectivity index (χ4n) is 3.07. The van der Waals surface area contributed by atoms with E-state index >= 15 is 0 Å². The molecule has 1 aromatic carbocycles. The van der Waals surface area contributed by atoms with Crippen LogP contribution in [0.1, 0.15) is 52.7 Å². The standard InChI is InChI=1S/C18H21ClN2O3/c1-23-16(12-7-5-6-9-14(12)19)11-20-18(22)17-13-8-3-2-4-10-15(13)24-21-17/h5-7,9,16H,2-4,8,10-11H2,1H3,(H,20,22)/t16-/m0/s1. The first-order chi connectivity index (χ1) is 11.7. The second-order valence-corrected chi connectivity index (χ2v) is 6.36. The van der Waals surface area contributed by atoms with Crippen molar-refractivity contribution in [2.45, 2.75) is 38.2 Å². The zero-order valence-electron chi connectivity index (χ0n) is 13.7. The number of hydrogen-bond donors (Lipinski definition) is 1. The number of aryl methyl sites for hydroxylation is 1. The summed E-state index contributed by atoms with van der Waals surface area (Å²) in [5.74, 6) is 0.628. The molecule has 1 amide bonds. The first kappa shape index (κ1) is 17.0. The summed E-state index contributed by atoms with van der Waals surface area (Å²) in [4.78, 5) is 12.5. The highest BCUT2D eigenvalue weighted by molar-refractivity contribution is 6.31. The maximum atomic E-state index is 12.5. The Hall–Kier alpha value is -1.85. The second-order valence-electron chi connectivity index (χ2n) is 5.95. The number of rotatable bonds is 5. The van der Waals surface area contributed by atoms with Gasteiger partial charge in [0, 0.05) is 36.2 Å². The van der Waals surface area contributed by atoms with E-state index in [1.54, 1.807) is 7.11 Å². The highest BCUT2D eigenvalue weighted by Gasteiger charge is 2.24. The van der Waals surface area contributed by atoms with Gasteiger partial charge in [-0.25, -0.2) is 0 Å². The third kappa shape index (κ3) is 3.62. The van der Waals surface area contributed by atoms with Crippen molar-refractivity contribution in [3.8, 4) is 0 Å². The van der Waals surface area contributed by atoms with Crippen molar-refractivity contribution >= 4 is 17.5 Å². The van der Waals surface area contributed by atoms with Crippen LogP contribution in [0.25, 0.3) is 0 Å². The first-order valence-electron chi connectivity index (χ1n) is 8.23. The minimum atomic E-state index is -0.312. The first-order valence-corrected chi connectivity index (χ1v) is 8.61. The third-order valence-electron chi connectivity index (χ3n) is 4.40. The number of carbonyl (C=O) groups is 1. The van der Waals surface area contributed by atoms with Crippen molar-refractivity contribution in [1.29, 1.82) is 0 Å². The van der Waals surface area contributed by atoms with Crippen molar-refractivity contribution in [2.24, 2.45) is 0 Å². The van der Waals surface area contributed by atoms with Gasteiger partial charge in [-0.05, 0) is 25.3 Å². The van der Waals surface area contributed by atoms with Gasteiger partial charge in [0.05, 0.1) is 0 Å². The zero-order chi connectivity index (χ0) is 16.9. The maximum Gasteiger partial charge on any atom is 0.273 e. The smallest absolute Gasteiger partial charge is 0.273 e. The number of benzene rings is 1. The summed E-state index contributed by atoms with van der Waals surface area (Å²) in [6.07, 6.45) is 4.70. The monoisotopic (exact) mass is 348 g/mol. The third-order valence-corrected chi connectivity index (χ3v) is 4.74. The number of amides is 1. The quantitative estimate of drug-likeness (QED) is 0.836. The minimum absolute atomic E-state index is 0.226. The molecule has 3 rings (SSSR count). The zero-order valence-corrected chi connectivity index (χ0v) is 14.4. The number of carbonyl (C=O) groups excluding carboxylic acids is 1. The Labute approximate surface area is 146 Å². The molecule has 24 heavy (non-hydrogen) atoms. The molecule has 1 atom stereocenters. The average Bonchev–Trinajstić information content (AvgIpc) is 2.85. The normalized spacial score (nSPS) is 15.4. The van der Waals surface area contributed by atoms with Crippen LogP contribution in [0.2, 0.25) is 5.02 Å². The molecular formula is C18H21ClN2O3. The molecule has 1 heterocycles. The Morgan fingerprint density at radius 3 is 2.92 bits per heavy atom. The summed E-state index contributed by atoms with van der Waals surface area (Å²) in [6, 6.07) is 7.46. The lowest BCUT2D eigenvalue weighted by Crippen LogP contribution is -2.30. The summed E-state index contributed by atoms with van der Waals surface area (Å²) in [7, 11) is 1.60. The molecule has 1 aliphatic carbocycles. The van der Waals surface area contributed by atoms with E-state index in [1.807, 2.05) is 24.3 Å². The fourth-order valence-corrected chi connectivity index (χ4v) is 3.32. The average molecular weight is 349 g/mol. The molecule has 6 heteroatoms. The molecule has 1 aromatic heterocycles. The Bertz CT molecular complexity index is 714. The lowest BCUT2D eigenvalue weighted by Gasteiger charge is -2.17.